The highest BCUT2D eigenvalue weighted by Gasteiger charge is 2.39. The van der Waals surface area contributed by atoms with E-state index < -0.39 is 27.1 Å². The Bertz CT molecular complexity index is 1530. The van der Waals surface area contributed by atoms with Gasteiger partial charge in [0.1, 0.15) is 0 Å². The lowest BCUT2D eigenvalue weighted by Crippen LogP contribution is -2.33. The number of hydrogen-bond donors (Lipinski definition) is 1. The number of rotatable bonds is 4. The molecular weight excluding hydrogens is 456 g/mol. The molecule has 4 aromatic rings. The number of aryl methyl sites for hydroxylation is 1. The van der Waals surface area contributed by atoms with E-state index in [1.807, 2.05) is 43.3 Å². The first-order chi connectivity index (χ1) is 16.2. The van der Waals surface area contributed by atoms with Gasteiger partial charge in [0, 0.05) is 17.4 Å². The fraction of sp³-hybridized carbons (Fsp3) is 0.115. The molecule has 0 spiro atoms. The summed E-state index contributed by atoms with van der Waals surface area (Å²) in [5, 5.41) is 4.17. The number of nitrogens with zero attached hydrogens (tertiary/aromatic N) is 2. The molecule has 5 nitrogen and oxygen atoms in total. The smallest absolute Gasteiger partial charge is 0.283 e. The van der Waals surface area contributed by atoms with Crippen LogP contribution in [0.5, 0.6) is 0 Å². The predicted molar refractivity (Wildman–Crippen MR) is 127 cm³/mol. The maximum atomic E-state index is 14.3. The maximum Gasteiger partial charge on any atom is 0.283 e. The molecule has 3 aromatic carbocycles. The topological polar surface area (TPSA) is 78.0 Å². The monoisotopic (exact) mass is 477 g/mol. The lowest BCUT2D eigenvalue weighted by atomic mass is 9.68. The molecule has 0 aliphatic heterocycles. The Balaban J connectivity index is 1.72. The van der Waals surface area contributed by atoms with Crippen LogP contribution in [0.2, 0.25) is 0 Å². The Kier molecular flexibility index (Phi) is 5.13. The van der Waals surface area contributed by atoms with Crippen LogP contribution >= 0.6 is 0 Å². The van der Waals surface area contributed by atoms with Gasteiger partial charge in [-0.1, -0.05) is 66.2 Å². The van der Waals surface area contributed by atoms with Gasteiger partial charge in [-0.25, -0.2) is 8.78 Å². The first kappa shape index (κ1) is 22.0. The van der Waals surface area contributed by atoms with Gasteiger partial charge in [0.15, 0.2) is 17.5 Å². The third kappa shape index (κ3) is 3.42. The van der Waals surface area contributed by atoms with E-state index >= 15 is 0 Å². The zero-order valence-electron chi connectivity index (χ0n) is 18.2. The van der Waals surface area contributed by atoms with Crippen molar-refractivity contribution in [3.63, 3.8) is 0 Å². The molecule has 172 valence electrons. The normalized spacial score (nSPS) is 17.5. The zero-order chi connectivity index (χ0) is 24.1. The highest BCUT2D eigenvalue weighted by molar-refractivity contribution is 7.89. The van der Waals surface area contributed by atoms with Crippen LogP contribution in [0.25, 0.3) is 6.08 Å². The average molecular weight is 478 g/mol. The fourth-order valence-corrected chi connectivity index (χ4v) is 5.77. The van der Waals surface area contributed by atoms with Crippen molar-refractivity contribution in [2.24, 2.45) is 0 Å². The molecule has 5 rings (SSSR count). The molecule has 1 aliphatic rings. The van der Waals surface area contributed by atoms with Crippen LogP contribution in [-0.4, -0.2) is 17.6 Å². The summed E-state index contributed by atoms with van der Waals surface area (Å²) in [4.78, 5) is 0.0797. The van der Waals surface area contributed by atoms with Crippen LogP contribution < -0.4 is 5.73 Å². The Morgan fingerprint density at radius 2 is 1.65 bits per heavy atom. The second kappa shape index (κ2) is 7.92. The summed E-state index contributed by atoms with van der Waals surface area (Å²) in [6, 6.07) is 19.5. The number of benzene rings is 3. The van der Waals surface area contributed by atoms with E-state index in [1.54, 1.807) is 18.2 Å². The number of allylic oxidation sites excluding steroid dienone is 1. The first-order valence-electron chi connectivity index (χ1n) is 10.6. The fourth-order valence-electron chi connectivity index (χ4n) is 4.44. The molecule has 1 aliphatic carbocycles. The van der Waals surface area contributed by atoms with E-state index in [4.69, 9.17) is 5.73 Å². The van der Waals surface area contributed by atoms with Gasteiger partial charge in [-0.3, -0.25) is 0 Å². The van der Waals surface area contributed by atoms with Crippen LogP contribution in [0.3, 0.4) is 0 Å². The third-order valence-corrected chi connectivity index (χ3v) is 7.89. The van der Waals surface area contributed by atoms with Crippen molar-refractivity contribution < 1.29 is 17.2 Å². The molecule has 34 heavy (non-hydrogen) atoms. The minimum Gasteiger partial charge on any atom is -0.382 e. The molecule has 0 saturated heterocycles. The molecule has 8 heteroatoms. The highest BCUT2D eigenvalue weighted by Crippen LogP contribution is 2.43. The lowest BCUT2D eigenvalue weighted by molar-refractivity contribution is 0.501. The van der Waals surface area contributed by atoms with E-state index in [-0.39, 0.29) is 17.1 Å². The lowest BCUT2D eigenvalue weighted by Gasteiger charge is -2.35. The molecule has 0 saturated carbocycles. The standard InChI is InChI=1S/C26H21F2N3O2S/c1-17-7-10-20(11-8-17)34(32,33)31-24-16-26(18-5-3-2-4-6-18,14-13-21(24)25(29)30-31)19-9-12-22(27)23(28)15-19/h2-15H,16H2,1H3,(H2,29,30). The Morgan fingerprint density at radius 3 is 2.32 bits per heavy atom. The van der Waals surface area contributed by atoms with Gasteiger partial charge >= 0.3 is 0 Å². The number of aromatic nitrogens is 2. The third-order valence-electron chi connectivity index (χ3n) is 6.27. The number of fused-ring (bicyclic) bond motifs is 1. The van der Waals surface area contributed by atoms with Crippen molar-refractivity contribution in [3.05, 3.63) is 118 Å². The molecule has 0 radical (unpaired) electrons. The molecule has 0 fully saturated rings. The minimum absolute atomic E-state index is 0.0777. The number of nitrogens with two attached hydrogens (primary N) is 1. The van der Waals surface area contributed by atoms with Gasteiger partial charge in [0.25, 0.3) is 10.0 Å². The summed E-state index contributed by atoms with van der Waals surface area (Å²) >= 11 is 0. The molecule has 2 N–H and O–H groups in total. The van der Waals surface area contributed by atoms with Crippen molar-refractivity contribution in [2.45, 2.75) is 23.7 Å². The predicted octanol–water partition coefficient (Wildman–Crippen LogP) is 4.84. The van der Waals surface area contributed by atoms with E-state index in [2.05, 4.69) is 5.10 Å². The zero-order valence-corrected chi connectivity index (χ0v) is 19.1. The largest absolute Gasteiger partial charge is 0.382 e. The van der Waals surface area contributed by atoms with Crippen LogP contribution in [-0.2, 0) is 21.9 Å². The van der Waals surface area contributed by atoms with Crippen LogP contribution in [0.4, 0.5) is 14.6 Å². The summed E-state index contributed by atoms with van der Waals surface area (Å²) in [7, 11) is -4.05. The molecule has 1 atom stereocenters. The number of hydrogen-bond acceptors (Lipinski definition) is 4. The van der Waals surface area contributed by atoms with Gasteiger partial charge in [0.05, 0.1) is 10.6 Å². The molecule has 1 aromatic heterocycles. The Morgan fingerprint density at radius 1 is 0.941 bits per heavy atom. The Hall–Kier alpha value is -3.78. The Labute approximate surface area is 196 Å². The van der Waals surface area contributed by atoms with Crippen LogP contribution in [0.1, 0.15) is 27.9 Å². The maximum absolute atomic E-state index is 14.3. The van der Waals surface area contributed by atoms with E-state index in [1.165, 1.54) is 18.2 Å². The van der Waals surface area contributed by atoms with Gasteiger partial charge in [-0.05, 0) is 42.3 Å². The number of anilines is 1. The van der Waals surface area contributed by atoms with Crippen LogP contribution in [0, 0.1) is 18.6 Å². The molecular formula is C26H21F2N3O2S. The van der Waals surface area contributed by atoms with Crippen molar-refractivity contribution in [3.8, 4) is 0 Å². The van der Waals surface area contributed by atoms with Crippen molar-refractivity contribution in [1.82, 2.24) is 9.19 Å². The van der Waals surface area contributed by atoms with E-state index in [0.717, 1.165) is 27.3 Å². The van der Waals surface area contributed by atoms with Crippen molar-refractivity contribution in [2.75, 3.05) is 5.73 Å². The van der Waals surface area contributed by atoms with Gasteiger partial charge in [-0.2, -0.15) is 12.5 Å². The molecule has 1 unspecified atom stereocenters. The molecule has 0 bridgehead atoms. The summed E-state index contributed by atoms with van der Waals surface area (Å²) < 4.78 is 56.1. The summed E-state index contributed by atoms with van der Waals surface area (Å²) in [6.07, 6.45) is 3.68. The van der Waals surface area contributed by atoms with Crippen molar-refractivity contribution >= 4 is 21.9 Å². The van der Waals surface area contributed by atoms with Gasteiger partial charge in [-0.15, -0.1) is 5.10 Å². The second-order valence-corrected chi connectivity index (χ2v) is 10.2. The highest BCUT2D eigenvalue weighted by atomic mass is 32.2. The SMILES string of the molecule is Cc1ccc(S(=O)(=O)n2nc(N)c3c2CC(c2ccccc2)(c2ccc(F)c(F)c2)C=C3)cc1. The molecule has 0 amide bonds. The number of halogens is 2. The van der Waals surface area contributed by atoms with Gasteiger partial charge in [0.2, 0.25) is 0 Å². The van der Waals surface area contributed by atoms with Crippen LogP contribution in [0.15, 0.2) is 83.8 Å². The number of nitrogen functional groups attached to an aromatic ring is 1. The first-order valence-corrected chi connectivity index (χ1v) is 12.1. The minimum atomic E-state index is -4.05. The summed E-state index contributed by atoms with van der Waals surface area (Å²) in [5.74, 6) is -1.86. The second-order valence-electron chi connectivity index (χ2n) is 8.38. The van der Waals surface area contributed by atoms with E-state index in [9.17, 15) is 17.2 Å². The summed E-state index contributed by atoms with van der Waals surface area (Å²) in [6.45, 7) is 1.87. The molecule has 1 heterocycles. The average Bonchev–Trinajstić information content (AvgIpc) is 3.18. The van der Waals surface area contributed by atoms with Gasteiger partial charge < -0.3 is 5.73 Å². The van der Waals surface area contributed by atoms with E-state index in [0.29, 0.717) is 16.8 Å². The summed E-state index contributed by atoms with van der Waals surface area (Å²) in [5.41, 5.74) is 8.21. The van der Waals surface area contributed by atoms with Crippen molar-refractivity contribution in [1.29, 1.82) is 0 Å². The quantitative estimate of drug-likeness (QED) is 0.456.